The minimum atomic E-state index is -0.782. The molecule has 1 aromatic carbocycles. The zero-order valence-electron chi connectivity index (χ0n) is 8.80. The minimum absolute atomic E-state index is 0.451. The van der Waals surface area contributed by atoms with Gasteiger partial charge in [0.2, 0.25) is 0 Å². The first-order valence-electron chi connectivity index (χ1n) is 5.29. The zero-order chi connectivity index (χ0) is 11.5. The largest absolute Gasteiger partial charge is 0.480 e. The quantitative estimate of drug-likeness (QED) is 0.795. The highest BCUT2D eigenvalue weighted by molar-refractivity contribution is 7.80. The number of aliphatic carboxylic acids is 1. The molecule has 0 aliphatic carbocycles. The van der Waals surface area contributed by atoms with E-state index in [9.17, 15) is 4.79 Å². The Morgan fingerprint density at radius 2 is 2.06 bits per heavy atom. The van der Waals surface area contributed by atoms with Crippen LogP contribution >= 0.6 is 12.2 Å². The molecule has 1 heterocycles. The maximum absolute atomic E-state index is 11.0. The van der Waals surface area contributed by atoms with Crippen LogP contribution in [0.2, 0.25) is 0 Å². The Kier molecular flexibility index (Phi) is 3.19. The van der Waals surface area contributed by atoms with Gasteiger partial charge in [-0.3, -0.25) is 0 Å². The Morgan fingerprint density at radius 3 is 2.69 bits per heavy atom. The van der Waals surface area contributed by atoms with Gasteiger partial charge in [0.15, 0.2) is 0 Å². The first kappa shape index (κ1) is 11.1. The lowest BCUT2D eigenvalue weighted by molar-refractivity contribution is -0.140. The molecular weight excluding hydrogens is 222 g/mol. The van der Waals surface area contributed by atoms with Crippen LogP contribution in [0.4, 0.5) is 0 Å². The van der Waals surface area contributed by atoms with E-state index in [1.54, 1.807) is 0 Å². The number of benzene rings is 1. The van der Waals surface area contributed by atoms with E-state index in [0.717, 1.165) is 18.5 Å². The van der Waals surface area contributed by atoms with Crippen LogP contribution in [-0.4, -0.2) is 33.6 Å². The van der Waals surface area contributed by atoms with Crippen molar-refractivity contribution in [2.24, 2.45) is 0 Å². The van der Waals surface area contributed by atoms with Crippen molar-refractivity contribution in [2.45, 2.75) is 18.9 Å². The highest BCUT2D eigenvalue weighted by Crippen LogP contribution is 2.20. The normalized spacial score (nSPS) is 19.8. The standard InChI is InChI=1S/C12H13NO2S/c14-12(15)10-7-4-8-13(10)11(16)9-5-2-1-3-6-9/h1-3,5-6,10H,4,7-8H2,(H,14,15)/t10-/m0/s1. The molecule has 1 aliphatic heterocycles. The third kappa shape index (κ3) is 2.07. The molecule has 16 heavy (non-hydrogen) atoms. The molecule has 0 spiro atoms. The second-order valence-electron chi connectivity index (χ2n) is 3.86. The van der Waals surface area contributed by atoms with Crippen LogP contribution in [0.5, 0.6) is 0 Å². The number of hydrogen-bond acceptors (Lipinski definition) is 2. The SMILES string of the molecule is O=C(O)[C@@H]1CCCN1C(=S)c1ccccc1. The summed E-state index contributed by atoms with van der Waals surface area (Å²) in [6.45, 7) is 0.741. The highest BCUT2D eigenvalue weighted by atomic mass is 32.1. The lowest BCUT2D eigenvalue weighted by Crippen LogP contribution is -2.39. The van der Waals surface area contributed by atoms with Crippen molar-refractivity contribution in [3.8, 4) is 0 Å². The summed E-state index contributed by atoms with van der Waals surface area (Å²) in [6.07, 6.45) is 1.58. The first-order valence-corrected chi connectivity index (χ1v) is 5.70. The van der Waals surface area contributed by atoms with Crippen molar-refractivity contribution >= 4 is 23.2 Å². The maximum atomic E-state index is 11.0. The summed E-state index contributed by atoms with van der Waals surface area (Å²) < 4.78 is 0. The summed E-state index contributed by atoms with van der Waals surface area (Å²) in [6, 6.07) is 9.12. The molecule has 0 bridgehead atoms. The van der Waals surface area contributed by atoms with Crippen LogP contribution in [0.1, 0.15) is 18.4 Å². The first-order chi connectivity index (χ1) is 7.70. The second-order valence-corrected chi connectivity index (χ2v) is 4.25. The Morgan fingerprint density at radius 1 is 1.38 bits per heavy atom. The van der Waals surface area contributed by atoms with Crippen molar-refractivity contribution < 1.29 is 9.90 Å². The van der Waals surface area contributed by atoms with E-state index in [2.05, 4.69) is 0 Å². The number of hydrogen-bond donors (Lipinski definition) is 1. The van der Waals surface area contributed by atoms with E-state index in [-0.39, 0.29) is 0 Å². The van der Waals surface area contributed by atoms with E-state index in [1.165, 1.54) is 0 Å². The summed E-state index contributed by atoms with van der Waals surface area (Å²) in [7, 11) is 0. The number of likely N-dealkylation sites (tertiary alicyclic amines) is 1. The molecule has 1 atom stereocenters. The average Bonchev–Trinajstić information content (AvgIpc) is 2.78. The van der Waals surface area contributed by atoms with Crippen LogP contribution in [0.3, 0.4) is 0 Å². The van der Waals surface area contributed by atoms with Gasteiger partial charge >= 0.3 is 5.97 Å². The van der Waals surface area contributed by atoms with Gasteiger partial charge in [-0.05, 0) is 12.8 Å². The molecule has 0 aromatic heterocycles. The van der Waals surface area contributed by atoms with Gasteiger partial charge in [-0.1, -0.05) is 42.5 Å². The lowest BCUT2D eigenvalue weighted by atomic mass is 10.2. The summed E-state index contributed by atoms with van der Waals surface area (Å²) >= 11 is 5.34. The summed E-state index contributed by atoms with van der Waals surface area (Å²) in [4.78, 5) is 13.5. The molecular formula is C12H13NO2S. The number of thiocarbonyl (C=S) groups is 1. The van der Waals surface area contributed by atoms with Gasteiger partial charge < -0.3 is 10.0 Å². The lowest BCUT2D eigenvalue weighted by Gasteiger charge is -2.24. The monoisotopic (exact) mass is 235 g/mol. The van der Waals surface area contributed by atoms with Crippen molar-refractivity contribution in [3.63, 3.8) is 0 Å². The van der Waals surface area contributed by atoms with Gasteiger partial charge in [0.25, 0.3) is 0 Å². The van der Waals surface area contributed by atoms with Gasteiger partial charge in [0, 0.05) is 12.1 Å². The maximum Gasteiger partial charge on any atom is 0.326 e. The molecule has 4 heteroatoms. The zero-order valence-corrected chi connectivity index (χ0v) is 9.61. The van der Waals surface area contributed by atoms with Crippen molar-refractivity contribution in [2.75, 3.05) is 6.54 Å². The second kappa shape index (κ2) is 4.61. The van der Waals surface area contributed by atoms with Gasteiger partial charge in [0.05, 0.1) is 0 Å². The topological polar surface area (TPSA) is 40.5 Å². The van der Waals surface area contributed by atoms with Crippen molar-refractivity contribution in [1.82, 2.24) is 4.90 Å². The van der Waals surface area contributed by atoms with Gasteiger partial charge in [-0.25, -0.2) is 4.79 Å². The Hall–Kier alpha value is -1.42. The van der Waals surface area contributed by atoms with E-state index in [1.807, 2.05) is 35.2 Å². The van der Waals surface area contributed by atoms with E-state index >= 15 is 0 Å². The van der Waals surface area contributed by atoms with Crippen molar-refractivity contribution in [1.29, 1.82) is 0 Å². The van der Waals surface area contributed by atoms with Crippen LogP contribution in [0.15, 0.2) is 30.3 Å². The Balaban J connectivity index is 2.19. The molecule has 84 valence electrons. The molecule has 1 saturated heterocycles. The molecule has 1 aliphatic rings. The summed E-state index contributed by atoms with van der Waals surface area (Å²) in [5, 5.41) is 9.08. The van der Waals surface area contributed by atoms with Crippen LogP contribution in [0.25, 0.3) is 0 Å². The molecule has 1 fully saturated rings. The third-order valence-corrected chi connectivity index (χ3v) is 3.29. The average molecular weight is 235 g/mol. The smallest absolute Gasteiger partial charge is 0.326 e. The molecule has 0 unspecified atom stereocenters. The molecule has 1 aromatic rings. The molecule has 1 N–H and O–H groups in total. The van der Waals surface area contributed by atoms with Crippen LogP contribution in [-0.2, 0) is 4.79 Å². The Bertz CT molecular complexity index is 405. The van der Waals surface area contributed by atoms with Crippen molar-refractivity contribution in [3.05, 3.63) is 35.9 Å². The fraction of sp³-hybridized carbons (Fsp3) is 0.333. The number of carboxylic acid groups (broad SMARTS) is 1. The predicted molar refractivity (Wildman–Crippen MR) is 65.5 cm³/mol. The number of carbonyl (C=O) groups is 1. The summed E-state index contributed by atoms with van der Waals surface area (Å²) in [5.74, 6) is -0.782. The highest BCUT2D eigenvalue weighted by Gasteiger charge is 2.32. The van der Waals surface area contributed by atoms with E-state index < -0.39 is 12.0 Å². The Labute approximate surface area is 99.7 Å². The fourth-order valence-electron chi connectivity index (χ4n) is 2.01. The molecule has 0 radical (unpaired) electrons. The number of nitrogens with zero attached hydrogens (tertiary/aromatic N) is 1. The van der Waals surface area contributed by atoms with E-state index in [4.69, 9.17) is 17.3 Å². The van der Waals surface area contributed by atoms with E-state index in [0.29, 0.717) is 11.4 Å². The summed E-state index contributed by atoms with van der Waals surface area (Å²) in [5.41, 5.74) is 0.922. The van der Waals surface area contributed by atoms with Crippen LogP contribution < -0.4 is 0 Å². The molecule has 0 saturated carbocycles. The van der Waals surface area contributed by atoms with Gasteiger partial charge in [-0.15, -0.1) is 0 Å². The number of carboxylic acids is 1. The molecule has 3 nitrogen and oxygen atoms in total. The molecule has 0 amide bonds. The van der Waals surface area contributed by atoms with Crippen LogP contribution in [0, 0.1) is 0 Å². The number of rotatable bonds is 2. The predicted octanol–water partition coefficient (Wildman–Crippen LogP) is 1.91. The van der Waals surface area contributed by atoms with Gasteiger partial charge in [0.1, 0.15) is 11.0 Å². The molecule has 2 rings (SSSR count). The fourth-order valence-corrected chi connectivity index (χ4v) is 2.37. The van der Waals surface area contributed by atoms with Gasteiger partial charge in [-0.2, -0.15) is 0 Å². The minimum Gasteiger partial charge on any atom is -0.480 e. The third-order valence-electron chi connectivity index (χ3n) is 2.82.